The van der Waals surface area contributed by atoms with Gasteiger partial charge < -0.3 is 19.8 Å². The molecule has 0 aliphatic heterocycles. The average molecular weight is 350 g/mol. The number of aromatic amines is 1. The van der Waals surface area contributed by atoms with Crippen LogP contribution in [-0.2, 0) is 14.3 Å². The number of hydrogen-bond acceptors (Lipinski definition) is 5. The molecule has 0 spiro atoms. The molecule has 138 valence electrons. The van der Waals surface area contributed by atoms with Crippen LogP contribution in [0.2, 0.25) is 0 Å². The summed E-state index contributed by atoms with van der Waals surface area (Å²) in [5, 5.41) is 2.82. The number of aryl methyl sites for hydroxylation is 1. The van der Waals surface area contributed by atoms with Crippen molar-refractivity contribution in [2.45, 2.75) is 59.6 Å². The summed E-state index contributed by atoms with van der Waals surface area (Å²) >= 11 is 0. The van der Waals surface area contributed by atoms with Gasteiger partial charge in [0.25, 0.3) is 5.91 Å². The lowest BCUT2D eigenvalue weighted by Crippen LogP contribution is -2.37. The largest absolute Gasteiger partial charge is 0.459 e. The van der Waals surface area contributed by atoms with Gasteiger partial charge in [-0.3, -0.25) is 4.79 Å². The molecule has 1 saturated carbocycles. The molecule has 1 aliphatic rings. The molecule has 1 amide bonds. The molecule has 1 aromatic heterocycles. The molecule has 1 atom stereocenters. The zero-order chi connectivity index (χ0) is 18.7. The Morgan fingerprint density at radius 1 is 1.16 bits per heavy atom. The van der Waals surface area contributed by atoms with Crippen molar-refractivity contribution in [2.75, 3.05) is 6.61 Å². The van der Waals surface area contributed by atoms with E-state index in [1.807, 2.05) is 6.92 Å². The minimum Gasteiger partial charge on any atom is -0.459 e. The van der Waals surface area contributed by atoms with Gasteiger partial charge in [0.2, 0.25) is 0 Å². The number of hydrogen-bond donors (Lipinski definition) is 2. The van der Waals surface area contributed by atoms with Crippen LogP contribution >= 0.6 is 0 Å². The molecule has 0 saturated heterocycles. The summed E-state index contributed by atoms with van der Waals surface area (Å²) in [4.78, 5) is 39.0. The molecule has 7 nitrogen and oxygen atoms in total. The summed E-state index contributed by atoms with van der Waals surface area (Å²) < 4.78 is 10.3. The first-order valence-electron chi connectivity index (χ1n) is 8.57. The molecule has 1 aromatic rings. The summed E-state index contributed by atoms with van der Waals surface area (Å²) in [6.07, 6.45) is 1.99. The van der Waals surface area contributed by atoms with E-state index in [4.69, 9.17) is 9.47 Å². The highest BCUT2D eigenvalue weighted by atomic mass is 16.5. The van der Waals surface area contributed by atoms with Crippen LogP contribution in [0.15, 0.2) is 0 Å². The molecular formula is C18H26N2O5. The lowest BCUT2D eigenvalue weighted by molar-refractivity contribution is -0.125. The van der Waals surface area contributed by atoms with Crippen LogP contribution in [0, 0.1) is 19.8 Å². The lowest BCUT2D eigenvalue weighted by Gasteiger charge is -2.12. The fourth-order valence-corrected chi connectivity index (χ4v) is 2.75. The first-order chi connectivity index (χ1) is 11.7. The number of rotatable bonds is 7. The SMILES string of the molecule is Cc1[nH]c(C(=O)OCC(=O)N[C@@H](C)C2CC2)c(C)c1C(=O)OC(C)C. The Bertz CT molecular complexity index is 673. The number of aromatic nitrogens is 1. The number of carbonyl (C=O) groups is 3. The predicted molar refractivity (Wildman–Crippen MR) is 91.4 cm³/mol. The predicted octanol–water partition coefficient (Wildman–Crippen LogP) is 2.27. The molecule has 7 heteroatoms. The van der Waals surface area contributed by atoms with E-state index in [1.165, 1.54) is 0 Å². The highest BCUT2D eigenvalue weighted by molar-refractivity contribution is 5.99. The van der Waals surface area contributed by atoms with Crippen molar-refractivity contribution in [3.8, 4) is 0 Å². The molecule has 1 heterocycles. The topological polar surface area (TPSA) is 97.5 Å². The van der Waals surface area contributed by atoms with Crippen LogP contribution in [0.25, 0.3) is 0 Å². The van der Waals surface area contributed by atoms with E-state index < -0.39 is 11.9 Å². The van der Waals surface area contributed by atoms with E-state index in [-0.39, 0.29) is 30.4 Å². The number of esters is 2. The molecule has 2 rings (SSSR count). The van der Waals surface area contributed by atoms with Crippen LogP contribution in [0.1, 0.15) is 65.7 Å². The van der Waals surface area contributed by atoms with Gasteiger partial charge in [-0.15, -0.1) is 0 Å². The van der Waals surface area contributed by atoms with Gasteiger partial charge in [-0.1, -0.05) is 0 Å². The molecule has 0 aromatic carbocycles. The first-order valence-corrected chi connectivity index (χ1v) is 8.57. The van der Waals surface area contributed by atoms with Gasteiger partial charge in [-0.05, 0) is 58.9 Å². The zero-order valence-corrected chi connectivity index (χ0v) is 15.4. The summed E-state index contributed by atoms with van der Waals surface area (Å²) in [7, 11) is 0. The van der Waals surface area contributed by atoms with E-state index in [0.29, 0.717) is 22.7 Å². The van der Waals surface area contributed by atoms with Crippen molar-refractivity contribution in [1.82, 2.24) is 10.3 Å². The standard InChI is InChI=1S/C18H26N2O5/c1-9(2)25-17(22)15-10(3)16(20-12(15)5)18(23)24-8-14(21)19-11(4)13-6-7-13/h9,11,13,20H,6-8H2,1-5H3,(H,19,21)/t11-/m0/s1. The minimum absolute atomic E-state index is 0.0954. The first kappa shape index (κ1) is 19.0. The molecule has 1 aliphatic carbocycles. The lowest BCUT2D eigenvalue weighted by atomic mass is 10.1. The van der Waals surface area contributed by atoms with Gasteiger partial charge in [0.05, 0.1) is 11.7 Å². The third-order valence-electron chi connectivity index (χ3n) is 4.24. The van der Waals surface area contributed by atoms with Crippen molar-refractivity contribution in [3.05, 3.63) is 22.5 Å². The van der Waals surface area contributed by atoms with Crippen molar-refractivity contribution in [3.63, 3.8) is 0 Å². The van der Waals surface area contributed by atoms with Gasteiger partial charge in [-0.2, -0.15) is 0 Å². The van der Waals surface area contributed by atoms with Crippen LogP contribution in [0.4, 0.5) is 0 Å². The van der Waals surface area contributed by atoms with E-state index in [9.17, 15) is 14.4 Å². The Kier molecular flexibility index (Phi) is 5.87. The normalized spacial score (nSPS) is 15.0. The maximum Gasteiger partial charge on any atom is 0.355 e. The molecular weight excluding hydrogens is 324 g/mol. The van der Waals surface area contributed by atoms with E-state index in [0.717, 1.165) is 12.8 Å². The van der Waals surface area contributed by atoms with Gasteiger partial charge in [0.1, 0.15) is 5.69 Å². The van der Waals surface area contributed by atoms with Gasteiger partial charge in [0, 0.05) is 11.7 Å². The van der Waals surface area contributed by atoms with Crippen LogP contribution in [-0.4, -0.2) is 41.6 Å². The van der Waals surface area contributed by atoms with Gasteiger partial charge >= 0.3 is 11.9 Å². The number of ether oxygens (including phenoxy) is 2. The van der Waals surface area contributed by atoms with E-state index >= 15 is 0 Å². The van der Waals surface area contributed by atoms with Crippen LogP contribution < -0.4 is 5.32 Å². The van der Waals surface area contributed by atoms with Crippen molar-refractivity contribution < 1.29 is 23.9 Å². The molecule has 0 unspecified atom stereocenters. The Labute approximate surface area is 147 Å². The van der Waals surface area contributed by atoms with Crippen molar-refractivity contribution in [2.24, 2.45) is 5.92 Å². The number of amides is 1. The number of H-pyrrole nitrogens is 1. The number of nitrogens with one attached hydrogen (secondary N) is 2. The summed E-state index contributed by atoms with van der Waals surface area (Å²) in [5.41, 5.74) is 1.48. The van der Waals surface area contributed by atoms with Crippen LogP contribution in [0.3, 0.4) is 0 Å². The Morgan fingerprint density at radius 3 is 2.36 bits per heavy atom. The minimum atomic E-state index is -0.668. The highest BCUT2D eigenvalue weighted by Gasteiger charge is 2.29. The second-order valence-electron chi connectivity index (χ2n) is 6.85. The average Bonchev–Trinajstić information content (AvgIpc) is 3.30. The molecule has 25 heavy (non-hydrogen) atoms. The summed E-state index contributed by atoms with van der Waals surface area (Å²) in [6, 6.07) is 0.0954. The fraction of sp³-hybridized carbons (Fsp3) is 0.611. The zero-order valence-electron chi connectivity index (χ0n) is 15.4. The summed E-state index contributed by atoms with van der Waals surface area (Å²) in [6.45, 7) is 8.44. The molecule has 0 radical (unpaired) electrons. The van der Waals surface area contributed by atoms with E-state index in [2.05, 4.69) is 10.3 Å². The molecule has 0 bridgehead atoms. The van der Waals surface area contributed by atoms with Crippen molar-refractivity contribution >= 4 is 17.8 Å². The van der Waals surface area contributed by atoms with Crippen LogP contribution in [0.5, 0.6) is 0 Å². The monoisotopic (exact) mass is 350 g/mol. The maximum absolute atomic E-state index is 12.2. The van der Waals surface area contributed by atoms with Gasteiger partial charge in [-0.25, -0.2) is 9.59 Å². The Balaban J connectivity index is 1.97. The second-order valence-corrected chi connectivity index (χ2v) is 6.85. The summed E-state index contributed by atoms with van der Waals surface area (Å²) in [5.74, 6) is -0.953. The molecule has 1 fully saturated rings. The maximum atomic E-state index is 12.2. The molecule has 2 N–H and O–H groups in total. The van der Waals surface area contributed by atoms with Gasteiger partial charge in [0.15, 0.2) is 6.61 Å². The third kappa shape index (κ3) is 4.84. The van der Waals surface area contributed by atoms with E-state index in [1.54, 1.807) is 27.7 Å². The van der Waals surface area contributed by atoms with Crippen molar-refractivity contribution in [1.29, 1.82) is 0 Å². The smallest absolute Gasteiger partial charge is 0.355 e. The third-order valence-corrected chi connectivity index (χ3v) is 4.24. The quantitative estimate of drug-likeness (QED) is 0.735. The number of carbonyl (C=O) groups excluding carboxylic acids is 3. The fourth-order valence-electron chi connectivity index (χ4n) is 2.75. The second kappa shape index (κ2) is 7.72. The Morgan fingerprint density at radius 2 is 1.80 bits per heavy atom. The Hall–Kier alpha value is -2.31. The highest BCUT2D eigenvalue weighted by Crippen LogP contribution is 2.32.